The molecule has 1 amide bonds. The summed E-state index contributed by atoms with van der Waals surface area (Å²) in [6.07, 6.45) is 2.92. The molecule has 1 fully saturated rings. The summed E-state index contributed by atoms with van der Waals surface area (Å²) in [7, 11) is 1.53. The van der Waals surface area contributed by atoms with E-state index in [4.69, 9.17) is 18.9 Å². The predicted molar refractivity (Wildman–Crippen MR) is 124 cm³/mol. The van der Waals surface area contributed by atoms with E-state index < -0.39 is 5.97 Å². The maximum absolute atomic E-state index is 13.3. The van der Waals surface area contributed by atoms with E-state index in [-0.39, 0.29) is 24.6 Å². The summed E-state index contributed by atoms with van der Waals surface area (Å²) in [5, 5.41) is 0. The summed E-state index contributed by atoms with van der Waals surface area (Å²) in [5.74, 6) is 0.276. The summed E-state index contributed by atoms with van der Waals surface area (Å²) in [6, 6.07) is 5.39. The molecule has 2 heterocycles. The number of rotatable bonds is 8. The molecule has 1 aliphatic heterocycles. The molecule has 0 N–H and O–H groups in total. The van der Waals surface area contributed by atoms with Gasteiger partial charge in [0.05, 0.1) is 44.1 Å². The topological polar surface area (TPSA) is 96.3 Å². The maximum Gasteiger partial charge on any atom is 0.333 e. The van der Waals surface area contributed by atoms with Crippen molar-refractivity contribution in [2.45, 2.75) is 20.4 Å². The number of amides is 1. The van der Waals surface area contributed by atoms with Crippen molar-refractivity contribution in [3.8, 4) is 11.5 Å². The Morgan fingerprint density at radius 1 is 1.18 bits per heavy atom. The number of benzene rings is 1. The molecule has 178 valence electrons. The van der Waals surface area contributed by atoms with Crippen LogP contribution in [0.2, 0.25) is 0 Å². The summed E-state index contributed by atoms with van der Waals surface area (Å²) < 4.78 is 23.4. The number of morpholine rings is 1. The van der Waals surface area contributed by atoms with E-state index in [1.54, 1.807) is 36.1 Å². The lowest BCUT2D eigenvalue weighted by Gasteiger charge is -2.26. The molecule has 1 saturated heterocycles. The van der Waals surface area contributed by atoms with Crippen LogP contribution in [0.3, 0.4) is 0 Å². The van der Waals surface area contributed by atoms with Gasteiger partial charge in [-0.15, -0.1) is 11.3 Å². The zero-order valence-electron chi connectivity index (χ0n) is 19.0. The van der Waals surface area contributed by atoms with Gasteiger partial charge in [0, 0.05) is 18.7 Å². The number of nitrogens with zero attached hydrogens (tertiary/aromatic N) is 2. The monoisotopic (exact) mass is 476 g/mol. The van der Waals surface area contributed by atoms with Gasteiger partial charge in [-0.2, -0.15) is 0 Å². The Bertz CT molecular complexity index is 1160. The third kappa shape index (κ3) is 6.02. The Morgan fingerprint density at radius 2 is 1.94 bits per heavy atom. The summed E-state index contributed by atoms with van der Waals surface area (Å²) in [5.41, 5.74) is 0.275. The van der Waals surface area contributed by atoms with Crippen LogP contribution in [-0.2, 0) is 25.6 Å². The number of esters is 1. The molecule has 0 spiro atoms. The van der Waals surface area contributed by atoms with Crippen LogP contribution in [0.1, 0.15) is 19.4 Å². The molecule has 1 aliphatic rings. The van der Waals surface area contributed by atoms with E-state index in [2.05, 4.69) is 0 Å². The van der Waals surface area contributed by atoms with Crippen LogP contribution in [0.25, 0.3) is 12.2 Å². The highest BCUT2D eigenvalue weighted by molar-refractivity contribution is 7.07. The molecule has 1 aromatic carbocycles. The SMILES string of the molecule is CCOC(=O)/C=c1\s/c(=C\c2cccc(OCC)c2OC)c(=O)n1CC(=O)N1CCOCC1. The van der Waals surface area contributed by atoms with E-state index >= 15 is 0 Å². The van der Waals surface area contributed by atoms with Crippen LogP contribution >= 0.6 is 11.3 Å². The molecule has 0 radical (unpaired) electrons. The molecule has 9 nitrogen and oxygen atoms in total. The van der Waals surface area contributed by atoms with Gasteiger partial charge in [0.15, 0.2) is 11.5 Å². The lowest BCUT2D eigenvalue weighted by atomic mass is 10.2. The molecule has 0 atom stereocenters. The fraction of sp³-hybridized carbons (Fsp3) is 0.435. The first-order valence-corrected chi connectivity index (χ1v) is 11.5. The minimum absolute atomic E-state index is 0.176. The average Bonchev–Trinajstić information content (AvgIpc) is 3.09. The lowest BCUT2D eigenvalue weighted by molar-refractivity contribution is -0.136. The van der Waals surface area contributed by atoms with Gasteiger partial charge >= 0.3 is 5.97 Å². The Morgan fingerprint density at radius 3 is 2.61 bits per heavy atom. The van der Waals surface area contributed by atoms with Gasteiger partial charge in [-0.25, -0.2) is 4.79 Å². The van der Waals surface area contributed by atoms with Crippen LogP contribution < -0.4 is 24.2 Å². The minimum atomic E-state index is -0.575. The van der Waals surface area contributed by atoms with Crippen LogP contribution in [0.5, 0.6) is 11.5 Å². The van der Waals surface area contributed by atoms with Crippen LogP contribution in [0.4, 0.5) is 0 Å². The quantitative estimate of drug-likeness (QED) is 0.507. The molecule has 3 rings (SSSR count). The number of thiazole rings is 1. The van der Waals surface area contributed by atoms with Crippen molar-refractivity contribution >= 4 is 35.4 Å². The summed E-state index contributed by atoms with van der Waals surface area (Å²) >= 11 is 1.11. The Labute approximate surface area is 195 Å². The zero-order valence-corrected chi connectivity index (χ0v) is 19.8. The number of para-hydroxylation sites is 1. The van der Waals surface area contributed by atoms with Crippen molar-refractivity contribution in [3.63, 3.8) is 0 Å². The van der Waals surface area contributed by atoms with Crippen molar-refractivity contribution in [1.29, 1.82) is 0 Å². The van der Waals surface area contributed by atoms with Gasteiger partial charge in [0.2, 0.25) is 5.91 Å². The standard InChI is InChI=1S/C23H28N2O7S/c1-4-31-17-8-6-7-16(22(17)29-3)13-18-23(28)25(20(33-18)14-21(27)32-5-2)15-19(26)24-9-11-30-12-10-24/h6-8,13-14H,4-5,9-12,15H2,1-3H3/b18-13-,20-14-. The number of carbonyl (C=O) groups is 2. The minimum Gasteiger partial charge on any atom is -0.492 e. The van der Waals surface area contributed by atoms with E-state index in [0.29, 0.717) is 59.2 Å². The number of hydrogen-bond acceptors (Lipinski definition) is 8. The molecular weight excluding hydrogens is 448 g/mol. The van der Waals surface area contributed by atoms with Gasteiger partial charge in [0.25, 0.3) is 5.56 Å². The van der Waals surface area contributed by atoms with Gasteiger partial charge in [0.1, 0.15) is 11.2 Å². The number of carbonyl (C=O) groups excluding carboxylic acids is 2. The van der Waals surface area contributed by atoms with E-state index in [1.807, 2.05) is 6.92 Å². The van der Waals surface area contributed by atoms with Crippen molar-refractivity contribution in [2.24, 2.45) is 0 Å². The molecule has 0 unspecified atom stereocenters. The largest absolute Gasteiger partial charge is 0.492 e. The van der Waals surface area contributed by atoms with Crippen LogP contribution in [0.15, 0.2) is 23.0 Å². The summed E-state index contributed by atoms with van der Waals surface area (Å²) in [6.45, 7) is 5.92. The number of ether oxygens (including phenoxy) is 4. The zero-order chi connectivity index (χ0) is 23.8. The van der Waals surface area contributed by atoms with Crippen molar-refractivity contribution in [2.75, 3.05) is 46.6 Å². The van der Waals surface area contributed by atoms with Crippen molar-refractivity contribution in [3.05, 3.63) is 43.3 Å². The Hall–Kier alpha value is -3.11. The lowest BCUT2D eigenvalue weighted by Crippen LogP contribution is -2.45. The second-order valence-corrected chi connectivity index (χ2v) is 8.10. The molecule has 0 bridgehead atoms. The van der Waals surface area contributed by atoms with Gasteiger partial charge in [-0.05, 0) is 26.0 Å². The molecule has 10 heteroatoms. The van der Waals surface area contributed by atoms with Crippen molar-refractivity contribution < 1.29 is 28.5 Å². The predicted octanol–water partition coefficient (Wildman–Crippen LogP) is 0.348. The first kappa shape index (κ1) is 24.5. The second-order valence-electron chi connectivity index (χ2n) is 7.04. The van der Waals surface area contributed by atoms with E-state index in [9.17, 15) is 14.4 Å². The fourth-order valence-electron chi connectivity index (χ4n) is 3.40. The van der Waals surface area contributed by atoms with E-state index in [0.717, 1.165) is 11.3 Å². The Kier molecular flexibility index (Phi) is 8.67. The first-order valence-electron chi connectivity index (χ1n) is 10.7. The number of aromatic nitrogens is 1. The normalized spacial score (nSPS) is 14.9. The molecular formula is C23H28N2O7S. The smallest absolute Gasteiger partial charge is 0.333 e. The summed E-state index contributed by atoms with van der Waals surface area (Å²) in [4.78, 5) is 39.8. The van der Waals surface area contributed by atoms with Gasteiger partial charge in [-0.3, -0.25) is 14.2 Å². The van der Waals surface area contributed by atoms with Gasteiger partial charge in [-0.1, -0.05) is 12.1 Å². The molecule has 33 heavy (non-hydrogen) atoms. The maximum atomic E-state index is 13.3. The first-order chi connectivity index (χ1) is 16.0. The third-order valence-corrected chi connectivity index (χ3v) is 5.98. The molecule has 2 aromatic rings. The highest BCUT2D eigenvalue weighted by atomic mass is 32.1. The van der Waals surface area contributed by atoms with Crippen molar-refractivity contribution in [1.82, 2.24) is 9.47 Å². The van der Waals surface area contributed by atoms with Crippen LogP contribution in [0, 0.1) is 0 Å². The Balaban J connectivity index is 2.08. The fourth-order valence-corrected chi connectivity index (χ4v) is 4.42. The average molecular weight is 477 g/mol. The van der Waals surface area contributed by atoms with Crippen LogP contribution in [-0.4, -0.2) is 68.0 Å². The number of hydrogen-bond donors (Lipinski definition) is 0. The highest BCUT2D eigenvalue weighted by Gasteiger charge is 2.19. The highest BCUT2D eigenvalue weighted by Crippen LogP contribution is 2.31. The molecule has 1 aromatic heterocycles. The molecule has 0 saturated carbocycles. The second kappa shape index (κ2) is 11.7. The molecule has 0 aliphatic carbocycles. The van der Waals surface area contributed by atoms with E-state index in [1.165, 1.54) is 17.8 Å². The number of methoxy groups -OCH3 is 1. The third-order valence-electron chi connectivity index (χ3n) is 4.92. The van der Waals surface area contributed by atoms with Gasteiger partial charge < -0.3 is 23.8 Å².